The van der Waals surface area contributed by atoms with Crippen LogP contribution in [0.3, 0.4) is 0 Å². The molecule has 0 aliphatic heterocycles. The predicted molar refractivity (Wildman–Crippen MR) is 101 cm³/mol. The number of rotatable bonds is 7. The minimum atomic E-state index is -3.56. The molecule has 1 heterocycles. The second kappa shape index (κ2) is 7.25. The summed E-state index contributed by atoms with van der Waals surface area (Å²) in [6.45, 7) is 10.8. The van der Waals surface area contributed by atoms with Gasteiger partial charge in [-0.25, -0.2) is 8.96 Å². The van der Waals surface area contributed by atoms with E-state index in [4.69, 9.17) is 16.6 Å². The van der Waals surface area contributed by atoms with E-state index in [0.717, 1.165) is 30.4 Å². The lowest BCUT2D eigenvalue weighted by Crippen LogP contribution is -2.56. The summed E-state index contributed by atoms with van der Waals surface area (Å²) >= 11 is 5.73. The van der Waals surface area contributed by atoms with Crippen LogP contribution >= 0.6 is 11.6 Å². The second-order valence-electron chi connectivity index (χ2n) is 7.66. The topological polar surface area (TPSA) is 55.2 Å². The molecule has 1 rings (SSSR count). The van der Waals surface area contributed by atoms with Crippen LogP contribution in [0.25, 0.3) is 0 Å². The number of halogens is 1. The van der Waals surface area contributed by atoms with E-state index in [1.807, 2.05) is 0 Å². The fraction of sp³-hybridized carbons (Fsp3) is 0.800. The van der Waals surface area contributed by atoms with Crippen LogP contribution in [0.5, 0.6) is 0 Å². The van der Waals surface area contributed by atoms with Gasteiger partial charge in [-0.2, -0.15) is 12.7 Å². The van der Waals surface area contributed by atoms with Gasteiger partial charge < -0.3 is 0 Å². The molecule has 0 amide bonds. The molecule has 0 spiro atoms. The minimum Gasteiger partial charge on any atom is -0.243 e. The Labute approximate surface area is 147 Å². The molecule has 0 aromatic carbocycles. The van der Waals surface area contributed by atoms with Crippen molar-refractivity contribution in [2.24, 2.45) is 0 Å². The summed E-state index contributed by atoms with van der Waals surface area (Å²) in [4.78, 5) is 4.74. The summed E-state index contributed by atoms with van der Waals surface area (Å²) in [5, 5.41) is 0.00530. The smallest absolute Gasteiger partial charge is 0.243 e. The van der Waals surface area contributed by atoms with E-state index >= 15 is 0 Å². The Morgan fingerprint density at radius 1 is 1.26 bits per heavy atom. The van der Waals surface area contributed by atoms with Crippen LogP contribution in [0.15, 0.2) is 6.20 Å². The lowest BCUT2D eigenvalue weighted by atomic mass is 10.2. The molecule has 0 aliphatic rings. The average Bonchev–Trinajstić information content (AvgIpc) is 2.83. The molecule has 8 heteroatoms. The number of unbranched alkanes of at least 4 members (excludes halogenated alkanes) is 1. The predicted octanol–water partition coefficient (Wildman–Crippen LogP) is 2.81. The molecule has 0 bridgehead atoms. The monoisotopic (exact) mass is 379 g/mol. The third-order valence-corrected chi connectivity index (χ3v) is 12.0. The zero-order valence-corrected chi connectivity index (χ0v) is 17.9. The van der Waals surface area contributed by atoms with Crippen LogP contribution in [0.2, 0.25) is 18.1 Å². The highest BCUT2D eigenvalue weighted by atomic mass is 35.5. The molecule has 0 aliphatic carbocycles. The number of aryl methyl sites for hydroxylation is 1. The van der Waals surface area contributed by atoms with E-state index in [9.17, 15) is 8.42 Å². The molecular formula is C15H30ClN3O2SSi. The van der Waals surface area contributed by atoms with Crippen molar-refractivity contribution in [3.8, 4) is 0 Å². The van der Waals surface area contributed by atoms with Crippen LogP contribution in [-0.2, 0) is 16.6 Å². The van der Waals surface area contributed by atoms with Crippen LogP contribution in [0.1, 0.15) is 39.3 Å². The molecule has 0 unspecified atom stereocenters. The summed E-state index contributed by atoms with van der Waals surface area (Å²) < 4.78 is 28.1. The Morgan fingerprint density at radius 3 is 2.26 bits per heavy atom. The third kappa shape index (κ3) is 4.38. The highest BCUT2D eigenvalue weighted by Gasteiger charge is 2.43. The molecule has 1 aromatic rings. The molecule has 23 heavy (non-hydrogen) atoms. The van der Waals surface area contributed by atoms with Gasteiger partial charge in [0.25, 0.3) is 0 Å². The minimum absolute atomic E-state index is 0.00530. The molecule has 5 nitrogen and oxygen atoms in total. The molecule has 0 atom stereocenters. The maximum Gasteiger partial charge on any atom is 0.308 e. The van der Waals surface area contributed by atoms with Crippen molar-refractivity contribution >= 4 is 35.3 Å². The molecule has 0 saturated carbocycles. The Kier molecular flexibility index (Phi) is 6.52. The Balaban J connectivity index is 3.43. The SMILES string of the molecule is CN(C)S(=O)(=O)n1cc(CCCCCl)nc1[Si](C)(C)C(C)(C)C. The Bertz CT molecular complexity index is 634. The van der Waals surface area contributed by atoms with Crippen LogP contribution in [0, 0.1) is 0 Å². The first kappa shape index (κ1) is 20.7. The number of hydrogen-bond donors (Lipinski definition) is 0. The summed E-state index contributed by atoms with van der Waals surface area (Å²) in [5.41, 5.74) is 1.56. The Morgan fingerprint density at radius 2 is 1.83 bits per heavy atom. The lowest BCUT2D eigenvalue weighted by molar-refractivity contribution is 0.511. The van der Waals surface area contributed by atoms with Gasteiger partial charge in [0.15, 0.2) is 0 Å². The van der Waals surface area contributed by atoms with E-state index in [2.05, 4.69) is 33.9 Å². The standard InChI is InChI=1S/C15H30ClN3O2SSi/c1-15(2,3)23(6,7)14-17-13(10-8-9-11-16)12-19(14)22(20,21)18(4)5/h12H,8-11H2,1-7H3. The summed E-state index contributed by atoms with van der Waals surface area (Å²) in [7, 11) is -2.55. The van der Waals surface area contributed by atoms with Gasteiger partial charge in [-0.1, -0.05) is 33.9 Å². The van der Waals surface area contributed by atoms with Gasteiger partial charge >= 0.3 is 10.2 Å². The molecule has 0 N–H and O–H groups in total. The summed E-state index contributed by atoms with van der Waals surface area (Å²) in [6.07, 6.45) is 4.27. The largest absolute Gasteiger partial charge is 0.308 e. The molecule has 0 radical (unpaired) electrons. The van der Waals surface area contributed by atoms with Gasteiger partial charge in [-0.3, -0.25) is 0 Å². The van der Waals surface area contributed by atoms with Crippen molar-refractivity contribution in [2.45, 2.75) is 58.2 Å². The maximum atomic E-state index is 12.7. The molecular weight excluding hydrogens is 350 g/mol. The van der Waals surface area contributed by atoms with Crippen LogP contribution in [0.4, 0.5) is 0 Å². The highest BCUT2D eigenvalue weighted by molar-refractivity contribution is 7.87. The number of nitrogens with zero attached hydrogens (tertiary/aromatic N) is 3. The first-order chi connectivity index (χ1) is 10.4. The fourth-order valence-electron chi connectivity index (χ4n) is 2.03. The molecule has 134 valence electrons. The molecule has 1 aromatic heterocycles. The van der Waals surface area contributed by atoms with Gasteiger partial charge in [-0.05, 0) is 24.3 Å². The van der Waals surface area contributed by atoms with E-state index in [-0.39, 0.29) is 5.04 Å². The van der Waals surface area contributed by atoms with Gasteiger partial charge in [-0.15, -0.1) is 11.6 Å². The van der Waals surface area contributed by atoms with E-state index < -0.39 is 18.3 Å². The van der Waals surface area contributed by atoms with Crippen molar-refractivity contribution in [1.29, 1.82) is 0 Å². The zero-order valence-electron chi connectivity index (χ0n) is 15.4. The Hall–Kier alpha value is -0.373. The second-order valence-corrected chi connectivity index (χ2v) is 15.3. The zero-order chi connectivity index (χ0) is 18.1. The number of alkyl halides is 1. The van der Waals surface area contributed by atoms with Gasteiger partial charge in [0, 0.05) is 26.2 Å². The van der Waals surface area contributed by atoms with Gasteiger partial charge in [0.2, 0.25) is 0 Å². The number of aromatic nitrogens is 2. The molecule has 0 fully saturated rings. The quantitative estimate of drug-likeness (QED) is 0.416. The third-order valence-electron chi connectivity index (χ3n) is 4.69. The first-order valence-corrected chi connectivity index (χ1v) is 12.9. The van der Waals surface area contributed by atoms with Crippen LogP contribution < -0.4 is 5.45 Å². The van der Waals surface area contributed by atoms with Crippen molar-refractivity contribution in [2.75, 3.05) is 20.0 Å². The van der Waals surface area contributed by atoms with Crippen molar-refractivity contribution in [3.63, 3.8) is 0 Å². The average molecular weight is 380 g/mol. The van der Waals surface area contributed by atoms with Crippen LogP contribution in [-0.4, -0.2) is 49.7 Å². The summed E-state index contributed by atoms with van der Waals surface area (Å²) in [5.74, 6) is 0.617. The number of imidazole rings is 1. The van der Waals surface area contributed by atoms with Crippen molar-refractivity contribution in [1.82, 2.24) is 13.3 Å². The summed E-state index contributed by atoms with van der Waals surface area (Å²) in [6, 6.07) is 0. The number of hydrogen-bond acceptors (Lipinski definition) is 3. The van der Waals surface area contributed by atoms with E-state index in [1.54, 1.807) is 20.3 Å². The van der Waals surface area contributed by atoms with E-state index in [1.165, 1.54) is 8.28 Å². The molecule has 0 saturated heterocycles. The highest BCUT2D eigenvalue weighted by Crippen LogP contribution is 2.35. The lowest BCUT2D eigenvalue weighted by Gasteiger charge is -2.36. The van der Waals surface area contributed by atoms with E-state index in [0.29, 0.717) is 5.88 Å². The van der Waals surface area contributed by atoms with Gasteiger partial charge in [0.1, 0.15) is 13.5 Å². The first-order valence-electron chi connectivity index (χ1n) is 7.93. The van der Waals surface area contributed by atoms with Crippen molar-refractivity contribution in [3.05, 3.63) is 11.9 Å². The van der Waals surface area contributed by atoms with Gasteiger partial charge in [0.05, 0.1) is 5.69 Å². The maximum absolute atomic E-state index is 12.7. The van der Waals surface area contributed by atoms with Crippen molar-refractivity contribution < 1.29 is 8.42 Å². The normalized spacial score (nSPS) is 13.8. The fourth-order valence-corrected chi connectivity index (χ4v) is 5.83.